The van der Waals surface area contributed by atoms with E-state index in [1.54, 1.807) is 0 Å². The van der Waals surface area contributed by atoms with Crippen LogP contribution in [-0.4, -0.2) is 40.7 Å². The number of aromatic nitrogens is 1. The zero-order chi connectivity index (χ0) is 14.7. The summed E-state index contributed by atoms with van der Waals surface area (Å²) in [7, 11) is 0. The predicted octanol–water partition coefficient (Wildman–Crippen LogP) is 1.75. The summed E-state index contributed by atoms with van der Waals surface area (Å²) in [5, 5.41) is 11.7. The van der Waals surface area contributed by atoms with Crippen LogP contribution in [-0.2, 0) is 9.53 Å². The summed E-state index contributed by atoms with van der Waals surface area (Å²) in [4.78, 5) is 26.4. The van der Waals surface area contributed by atoms with Crippen LogP contribution < -0.4 is 5.32 Å². The zero-order valence-corrected chi connectivity index (χ0v) is 11.8. The van der Waals surface area contributed by atoms with Gasteiger partial charge in [0.05, 0.1) is 11.7 Å². The second kappa shape index (κ2) is 6.39. The van der Waals surface area contributed by atoms with E-state index in [2.05, 4.69) is 10.3 Å². The molecule has 0 aromatic carbocycles. The molecular weight excluding hydrogens is 307 g/mol. The van der Waals surface area contributed by atoms with E-state index >= 15 is 0 Å². The highest BCUT2D eigenvalue weighted by Gasteiger charge is 2.30. The summed E-state index contributed by atoms with van der Waals surface area (Å²) in [6.07, 6.45) is -0.0695. The number of rotatable bonds is 4. The highest BCUT2D eigenvalue weighted by molar-refractivity contribution is 6.34. The van der Waals surface area contributed by atoms with Crippen molar-refractivity contribution in [3.63, 3.8) is 0 Å². The van der Waals surface area contributed by atoms with Gasteiger partial charge in [-0.15, -0.1) is 0 Å². The Hall–Kier alpha value is -1.37. The maximum absolute atomic E-state index is 11.9. The Balaban J connectivity index is 1.88. The number of amides is 1. The third-order valence-corrected chi connectivity index (χ3v) is 3.43. The first-order chi connectivity index (χ1) is 9.47. The third-order valence-electron chi connectivity index (χ3n) is 2.93. The number of carboxylic acid groups (broad SMARTS) is 1. The number of halogens is 2. The lowest BCUT2D eigenvalue weighted by Gasteiger charge is -2.12. The largest absolute Gasteiger partial charge is 0.479 e. The molecule has 1 aromatic heterocycles. The molecule has 0 spiro atoms. The molecule has 2 unspecified atom stereocenters. The van der Waals surface area contributed by atoms with Crippen LogP contribution in [0.1, 0.15) is 23.2 Å². The van der Waals surface area contributed by atoms with Gasteiger partial charge in [-0.2, -0.15) is 0 Å². The molecule has 1 aromatic rings. The van der Waals surface area contributed by atoms with Gasteiger partial charge in [0, 0.05) is 6.54 Å². The van der Waals surface area contributed by atoms with Gasteiger partial charge in [-0.05, 0) is 25.0 Å². The van der Waals surface area contributed by atoms with Crippen LogP contribution in [0.3, 0.4) is 0 Å². The van der Waals surface area contributed by atoms with Gasteiger partial charge in [0.1, 0.15) is 10.3 Å². The fraction of sp³-hybridized carbons (Fsp3) is 0.417. The van der Waals surface area contributed by atoms with Crippen molar-refractivity contribution in [2.24, 2.45) is 0 Å². The number of carboxylic acids is 1. The van der Waals surface area contributed by atoms with Crippen LogP contribution in [0.4, 0.5) is 0 Å². The Labute approximate surface area is 125 Å². The maximum atomic E-state index is 11.9. The van der Waals surface area contributed by atoms with Crippen LogP contribution in [0.5, 0.6) is 0 Å². The lowest BCUT2D eigenvalue weighted by molar-refractivity contribution is -0.149. The quantitative estimate of drug-likeness (QED) is 0.826. The van der Waals surface area contributed by atoms with Crippen molar-refractivity contribution in [3.8, 4) is 0 Å². The molecule has 2 rings (SSSR count). The standard InChI is InChI=1S/C12H12Cl2N2O4/c13-9-4-2-7(10(14)16-9)11(17)15-5-6-1-3-8(20-6)12(18)19/h2,4,6,8H,1,3,5H2,(H,15,17)(H,18,19). The molecule has 1 saturated heterocycles. The Morgan fingerprint density at radius 2 is 2.15 bits per heavy atom. The molecule has 2 atom stereocenters. The second-order valence-corrected chi connectivity index (χ2v) is 5.09. The minimum absolute atomic E-state index is 0.0192. The van der Waals surface area contributed by atoms with Gasteiger partial charge in [0.2, 0.25) is 0 Å². The number of aliphatic carboxylic acids is 1. The number of hydrogen-bond acceptors (Lipinski definition) is 4. The fourth-order valence-corrected chi connectivity index (χ4v) is 2.35. The van der Waals surface area contributed by atoms with Crippen molar-refractivity contribution in [3.05, 3.63) is 28.0 Å². The lowest BCUT2D eigenvalue weighted by atomic mass is 10.2. The molecule has 8 heteroatoms. The van der Waals surface area contributed by atoms with Crippen LogP contribution in [0.25, 0.3) is 0 Å². The number of pyridine rings is 1. The molecule has 6 nitrogen and oxygen atoms in total. The molecule has 2 N–H and O–H groups in total. The van der Waals surface area contributed by atoms with Gasteiger partial charge in [-0.1, -0.05) is 23.2 Å². The number of carbonyl (C=O) groups is 2. The van der Waals surface area contributed by atoms with E-state index in [0.29, 0.717) is 12.8 Å². The molecule has 1 amide bonds. The lowest BCUT2D eigenvalue weighted by Crippen LogP contribution is -2.33. The summed E-state index contributed by atoms with van der Waals surface area (Å²) < 4.78 is 5.27. The average Bonchev–Trinajstić information content (AvgIpc) is 2.85. The van der Waals surface area contributed by atoms with Gasteiger partial charge in [0.25, 0.3) is 5.91 Å². The number of nitrogens with one attached hydrogen (secondary N) is 1. The van der Waals surface area contributed by atoms with Gasteiger partial charge < -0.3 is 15.2 Å². The Kier molecular flexibility index (Phi) is 4.80. The van der Waals surface area contributed by atoms with Crippen molar-refractivity contribution in [2.45, 2.75) is 25.0 Å². The molecule has 2 heterocycles. The van der Waals surface area contributed by atoms with Crippen molar-refractivity contribution in [2.75, 3.05) is 6.54 Å². The highest BCUT2D eigenvalue weighted by Crippen LogP contribution is 2.20. The molecule has 1 aliphatic heterocycles. The molecule has 108 valence electrons. The minimum atomic E-state index is -0.983. The van der Waals surface area contributed by atoms with Gasteiger partial charge in [-0.25, -0.2) is 9.78 Å². The average molecular weight is 319 g/mol. The van der Waals surface area contributed by atoms with E-state index in [-0.39, 0.29) is 28.5 Å². The molecule has 20 heavy (non-hydrogen) atoms. The maximum Gasteiger partial charge on any atom is 0.332 e. The third kappa shape index (κ3) is 3.59. The number of carbonyl (C=O) groups excluding carboxylic acids is 1. The van der Waals surface area contributed by atoms with Crippen LogP contribution in [0.2, 0.25) is 10.3 Å². The van der Waals surface area contributed by atoms with E-state index in [9.17, 15) is 9.59 Å². The van der Waals surface area contributed by atoms with Crippen LogP contribution >= 0.6 is 23.2 Å². The minimum Gasteiger partial charge on any atom is -0.479 e. The summed E-state index contributed by atoms with van der Waals surface area (Å²) in [6, 6.07) is 2.94. The SMILES string of the molecule is O=C(NCC1CCC(C(=O)O)O1)c1ccc(Cl)nc1Cl. The molecule has 1 aliphatic rings. The molecule has 0 saturated carbocycles. The predicted molar refractivity (Wildman–Crippen MR) is 72.1 cm³/mol. The Bertz CT molecular complexity index is 538. The summed E-state index contributed by atoms with van der Waals surface area (Å²) in [6.45, 7) is 0.224. The Morgan fingerprint density at radius 1 is 1.40 bits per heavy atom. The second-order valence-electron chi connectivity index (χ2n) is 4.34. The van der Waals surface area contributed by atoms with E-state index in [4.69, 9.17) is 33.0 Å². The van der Waals surface area contributed by atoms with E-state index in [1.807, 2.05) is 0 Å². The number of hydrogen-bond donors (Lipinski definition) is 2. The summed E-state index contributed by atoms with van der Waals surface area (Å²) in [5.41, 5.74) is 0.212. The summed E-state index contributed by atoms with van der Waals surface area (Å²) in [5.74, 6) is -1.38. The van der Waals surface area contributed by atoms with Crippen molar-refractivity contribution >= 4 is 35.1 Å². The molecule has 1 fully saturated rings. The number of nitrogens with zero attached hydrogens (tertiary/aromatic N) is 1. The van der Waals surface area contributed by atoms with E-state index in [1.165, 1.54) is 12.1 Å². The zero-order valence-electron chi connectivity index (χ0n) is 10.3. The first kappa shape index (κ1) is 15.0. The normalized spacial score (nSPS) is 21.7. The van der Waals surface area contributed by atoms with Crippen LogP contribution in [0, 0.1) is 0 Å². The summed E-state index contributed by atoms with van der Waals surface area (Å²) >= 11 is 11.5. The topological polar surface area (TPSA) is 88.5 Å². The Morgan fingerprint density at radius 3 is 2.75 bits per heavy atom. The fourth-order valence-electron chi connectivity index (χ4n) is 1.92. The van der Waals surface area contributed by atoms with Gasteiger partial charge >= 0.3 is 5.97 Å². The molecule has 0 radical (unpaired) electrons. The van der Waals surface area contributed by atoms with Gasteiger partial charge in [0.15, 0.2) is 6.10 Å². The monoisotopic (exact) mass is 318 g/mol. The van der Waals surface area contributed by atoms with E-state index in [0.717, 1.165) is 0 Å². The first-order valence-electron chi connectivity index (χ1n) is 5.96. The van der Waals surface area contributed by atoms with Crippen molar-refractivity contribution in [1.82, 2.24) is 10.3 Å². The first-order valence-corrected chi connectivity index (χ1v) is 6.71. The van der Waals surface area contributed by atoms with Crippen LogP contribution in [0.15, 0.2) is 12.1 Å². The smallest absolute Gasteiger partial charge is 0.332 e. The number of ether oxygens (including phenoxy) is 1. The van der Waals surface area contributed by atoms with Crippen molar-refractivity contribution in [1.29, 1.82) is 0 Å². The van der Waals surface area contributed by atoms with Crippen molar-refractivity contribution < 1.29 is 19.4 Å². The highest BCUT2D eigenvalue weighted by atomic mass is 35.5. The molecule has 0 bridgehead atoms. The van der Waals surface area contributed by atoms with E-state index < -0.39 is 18.0 Å². The molecule has 0 aliphatic carbocycles. The van der Waals surface area contributed by atoms with Gasteiger partial charge in [-0.3, -0.25) is 4.79 Å². The molecular formula is C12H12Cl2N2O4.